The maximum absolute atomic E-state index is 11.6. The molecule has 0 aliphatic heterocycles. The summed E-state index contributed by atoms with van der Waals surface area (Å²) in [6.07, 6.45) is 0. The zero-order chi connectivity index (χ0) is 13.5. The molecule has 0 saturated heterocycles. The van der Waals surface area contributed by atoms with Gasteiger partial charge in [-0.15, -0.1) is 0 Å². The topological polar surface area (TPSA) is 61.8 Å². The number of carbonyl (C=O) groups excluding carboxylic acids is 2. The molecule has 0 bridgehead atoms. The number of rotatable bonds is 6. The summed E-state index contributed by atoms with van der Waals surface area (Å²) in [5.41, 5.74) is -0.419. The van der Waals surface area contributed by atoms with Crippen LogP contribution in [-0.2, 0) is 23.8 Å². The Morgan fingerprint density at radius 2 is 1.41 bits per heavy atom. The lowest BCUT2D eigenvalue weighted by Gasteiger charge is -2.22. The zero-order valence-corrected chi connectivity index (χ0v) is 11.2. The van der Waals surface area contributed by atoms with E-state index in [-0.39, 0.29) is 19.8 Å². The number of carbonyl (C=O) groups is 2. The first-order valence-corrected chi connectivity index (χ1v) is 5.79. The molecule has 0 N–H and O–H groups in total. The summed E-state index contributed by atoms with van der Waals surface area (Å²) >= 11 is 0. The molecule has 0 radical (unpaired) electrons. The van der Waals surface area contributed by atoms with Crippen molar-refractivity contribution < 1.29 is 23.8 Å². The Morgan fingerprint density at radius 1 is 1.00 bits per heavy atom. The molecule has 0 aliphatic carbocycles. The van der Waals surface area contributed by atoms with Crippen molar-refractivity contribution in [3.63, 3.8) is 0 Å². The third-order valence-electron chi connectivity index (χ3n) is 1.83. The second kappa shape index (κ2) is 7.27. The van der Waals surface area contributed by atoms with Crippen LogP contribution in [0, 0.1) is 5.92 Å². The maximum atomic E-state index is 11.6. The molecule has 0 spiro atoms. The molecule has 0 atom stereocenters. The van der Waals surface area contributed by atoms with Crippen LogP contribution in [0.5, 0.6) is 0 Å². The van der Waals surface area contributed by atoms with Crippen LogP contribution < -0.4 is 0 Å². The standard InChI is InChI=1S/C12H22O5/c1-6-15-10(13)9(11(14)16-7-2)8-17-12(3,4)5/h9H,6-8H2,1-5H3. The van der Waals surface area contributed by atoms with Crippen LogP contribution >= 0.6 is 0 Å². The molecule has 0 amide bonds. The Morgan fingerprint density at radius 3 is 1.71 bits per heavy atom. The fraction of sp³-hybridized carbons (Fsp3) is 0.833. The van der Waals surface area contributed by atoms with Gasteiger partial charge in [0, 0.05) is 0 Å². The predicted octanol–water partition coefficient (Wildman–Crippen LogP) is 1.54. The molecule has 5 heteroatoms. The first-order valence-electron chi connectivity index (χ1n) is 5.79. The van der Waals surface area contributed by atoms with Gasteiger partial charge in [-0.1, -0.05) is 0 Å². The normalized spacial score (nSPS) is 11.4. The van der Waals surface area contributed by atoms with E-state index in [1.807, 2.05) is 20.8 Å². The summed E-state index contributed by atoms with van der Waals surface area (Å²) in [5.74, 6) is -2.21. The highest BCUT2D eigenvalue weighted by Crippen LogP contribution is 2.12. The van der Waals surface area contributed by atoms with Crippen molar-refractivity contribution in [2.75, 3.05) is 19.8 Å². The SMILES string of the molecule is CCOC(=O)C(COC(C)(C)C)C(=O)OCC. The first kappa shape index (κ1) is 15.9. The minimum Gasteiger partial charge on any atom is -0.465 e. The van der Waals surface area contributed by atoms with Gasteiger partial charge in [-0.2, -0.15) is 0 Å². The molecule has 0 aliphatic rings. The molecular weight excluding hydrogens is 224 g/mol. The highest BCUT2D eigenvalue weighted by molar-refractivity contribution is 5.95. The monoisotopic (exact) mass is 246 g/mol. The molecular formula is C12H22O5. The van der Waals surface area contributed by atoms with Crippen molar-refractivity contribution in [3.8, 4) is 0 Å². The van der Waals surface area contributed by atoms with E-state index in [9.17, 15) is 9.59 Å². The average molecular weight is 246 g/mol. The third kappa shape index (κ3) is 6.94. The van der Waals surface area contributed by atoms with Crippen LogP contribution in [0.15, 0.2) is 0 Å². The molecule has 0 unspecified atom stereocenters. The van der Waals surface area contributed by atoms with Gasteiger partial charge in [-0.05, 0) is 34.6 Å². The number of ether oxygens (including phenoxy) is 3. The highest BCUT2D eigenvalue weighted by atomic mass is 16.6. The van der Waals surface area contributed by atoms with E-state index in [2.05, 4.69) is 0 Å². The smallest absolute Gasteiger partial charge is 0.322 e. The van der Waals surface area contributed by atoms with Gasteiger partial charge in [0.05, 0.1) is 25.4 Å². The fourth-order valence-electron chi connectivity index (χ4n) is 1.05. The molecule has 17 heavy (non-hydrogen) atoms. The molecule has 0 heterocycles. The molecule has 5 nitrogen and oxygen atoms in total. The van der Waals surface area contributed by atoms with Gasteiger partial charge in [-0.25, -0.2) is 0 Å². The summed E-state index contributed by atoms with van der Waals surface area (Å²) in [4.78, 5) is 23.1. The van der Waals surface area contributed by atoms with E-state index in [4.69, 9.17) is 14.2 Å². The summed E-state index contributed by atoms with van der Waals surface area (Å²) in [6, 6.07) is 0. The van der Waals surface area contributed by atoms with Crippen molar-refractivity contribution >= 4 is 11.9 Å². The van der Waals surface area contributed by atoms with Crippen LogP contribution in [0.2, 0.25) is 0 Å². The third-order valence-corrected chi connectivity index (χ3v) is 1.83. The van der Waals surface area contributed by atoms with Gasteiger partial charge in [0.25, 0.3) is 0 Å². The van der Waals surface area contributed by atoms with E-state index in [1.165, 1.54) is 0 Å². The molecule has 100 valence electrons. The summed E-state index contributed by atoms with van der Waals surface area (Å²) < 4.78 is 15.1. The van der Waals surface area contributed by atoms with E-state index >= 15 is 0 Å². The largest absolute Gasteiger partial charge is 0.465 e. The van der Waals surface area contributed by atoms with Gasteiger partial charge < -0.3 is 14.2 Å². The Balaban J connectivity index is 4.50. The lowest BCUT2D eigenvalue weighted by Crippen LogP contribution is -2.35. The zero-order valence-electron chi connectivity index (χ0n) is 11.2. The predicted molar refractivity (Wildman–Crippen MR) is 62.5 cm³/mol. The number of hydrogen-bond acceptors (Lipinski definition) is 5. The van der Waals surface area contributed by atoms with Gasteiger partial charge in [0.15, 0.2) is 5.92 Å². The van der Waals surface area contributed by atoms with Crippen LogP contribution in [0.3, 0.4) is 0 Å². The number of hydrogen-bond donors (Lipinski definition) is 0. The lowest BCUT2D eigenvalue weighted by atomic mass is 10.1. The average Bonchev–Trinajstić information content (AvgIpc) is 2.16. The maximum Gasteiger partial charge on any atom is 0.322 e. The van der Waals surface area contributed by atoms with Crippen LogP contribution in [-0.4, -0.2) is 37.4 Å². The van der Waals surface area contributed by atoms with Crippen molar-refractivity contribution in [1.82, 2.24) is 0 Å². The van der Waals surface area contributed by atoms with E-state index in [0.717, 1.165) is 0 Å². The van der Waals surface area contributed by atoms with Gasteiger partial charge in [0.1, 0.15) is 0 Å². The van der Waals surface area contributed by atoms with Crippen LogP contribution in [0.4, 0.5) is 0 Å². The summed E-state index contributed by atoms with van der Waals surface area (Å²) in [7, 11) is 0. The molecule has 0 saturated carbocycles. The quantitative estimate of drug-likeness (QED) is 0.525. The van der Waals surface area contributed by atoms with Crippen LogP contribution in [0.25, 0.3) is 0 Å². The minimum absolute atomic E-state index is 0.0266. The fourth-order valence-corrected chi connectivity index (χ4v) is 1.05. The van der Waals surface area contributed by atoms with Crippen molar-refractivity contribution in [3.05, 3.63) is 0 Å². The second-order valence-electron chi connectivity index (χ2n) is 4.48. The van der Waals surface area contributed by atoms with E-state index < -0.39 is 23.5 Å². The Bertz CT molecular complexity index is 236. The van der Waals surface area contributed by atoms with Crippen molar-refractivity contribution in [2.45, 2.75) is 40.2 Å². The lowest BCUT2D eigenvalue weighted by molar-refractivity contribution is -0.166. The summed E-state index contributed by atoms with van der Waals surface area (Å²) in [5, 5.41) is 0. The minimum atomic E-state index is -1.01. The molecule has 0 rings (SSSR count). The Labute approximate surface area is 102 Å². The molecule has 0 aromatic heterocycles. The van der Waals surface area contributed by atoms with Gasteiger partial charge in [0.2, 0.25) is 0 Å². The Hall–Kier alpha value is -1.10. The molecule has 0 aromatic carbocycles. The van der Waals surface area contributed by atoms with E-state index in [1.54, 1.807) is 13.8 Å². The molecule has 0 aromatic rings. The Kier molecular flexibility index (Phi) is 6.80. The van der Waals surface area contributed by atoms with Crippen molar-refractivity contribution in [1.29, 1.82) is 0 Å². The number of esters is 2. The summed E-state index contributed by atoms with van der Waals surface area (Å²) in [6.45, 7) is 9.34. The first-order chi connectivity index (χ1) is 7.81. The van der Waals surface area contributed by atoms with Gasteiger partial charge >= 0.3 is 11.9 Å². The van der Waals surface area contributed by atoms with Gasteiger partial charge in [-0.3, -0.25) is 9.59 Å². The molecule has 0 fully saturated rings. The van der Waals surface area contributed by atoms with Crippen molar-refractivity contribution in [2.24, 2.45) is 5.92 Å². The van der Waals surface area contributed by atoms with E-state index in [0.29, 0.717) is 0 Å². The second-order valence-corrected chi connectivity index (χ2v) is 4.48. The highest BCUT2D eigenvalue weighted by Gasteiger charge is 2.31. The van der Waals surface area contributed by atoms with Crippen LogP contribution in [0.1, 0.15) is 34.6 Å².